The topological polar surface area (TPSA) is 20.2 Å². The summed E-state index contributed by atoms with van der Waals surface area (Å²) < 4.78 is 0. The minimum atomic E-state index is 0.104. The molecule has 1 N–H and O–H groups in total. The lowest BCUT2D eigenvalue weighted by Crippen LogP contribution is -2.11. The van der Waals surface area contributed by atoms with Crippen LogP contribution < -0.4 is 10.9 Å². The van der Waals surface area contributed by atoms with Gasteiger partial charge in [0.05, 0.1) is 7.85 Å². The van der Waals surface area contributed by atoms with E-state index in [1.807, 2.05) is 0 Å². The molecule has 4 heteroatoms. The molecule has 0 amide bonds. The summed E-state index contributed by atoms with van der Waals surface area (Å²) in [6.07, 6.45) is 0. The molecule has 1 aromatic rings. The minimum absolute atomic E-state index is 0.104. The number of benzene rings is 1. The fourth-order valence-electron chi connectivity index (χ4n) is 0.659. The second-order valence-electron chi connectivity index (χ2n) is 1.86. The van der Waals surface area contributed by atoms with E-state index in [-0.39, 0.29) is 5.75 Å². The van der Waals surface area contributed by atoms with Gasteiger partial charge in [-0.1, -0.05) is 23.8 Å². The highest BCUT2D eigenvalue weighted by Crippen LogP contribution is 1.99. The number of rotatable bonds is 0. The van der Waals surface area contributed by atoms with E-state index in [0.29, 0.717) is 10.9 Å². The summed E-state index contributed by atoms with van der Waals surface area (Å²) in [6.45, 7) is 1.50. The minimum Gasteiger partial charge on any atom is -0.508 e. The van der Waals surface area contributed by atoms with E-state index >= 15 is 0 Å². The monoisotopic (exact) mass is 140 g/mol. The Kier molecular flexibility index (Phi) is 4.59. The molecule has 1 aromatic carbocycles. The maximum absolute atomic E-state index is 8.83. The van der Waals surface area contributed by atoms with Gasteiger partial charge < -0.3 is 5.11 Å². The van der Waals surface area contributed by atoms with Gasteiger partial charge in [-0.3, -0.25) is 0 Å². The molecule has 0 aliphatic carbocycles. The fourth-order valence-corrected chi connectivity index (χ4v) is 0.659. The van der Waals surface area contributed by atoms with Gasteiger partial charge in [-0.25, -0.2) is 0 Å². The summed E-state index contributed by atoms with van der Waals surface area (Å²) >= 11 is 0. The second-order valence-corrected chi connectivity index (χ2v) is 1.86. The molecule has 0 bridgehead atoms. The van der Waals surface area contributed by atoms with Crippen molar-refractivity contribution in [3.05, 3.63) is 18.2 Å². The van der Waals surface area contributed by atoms with Crippen LogP contribution >= 0.6 is 0 Å². The van der Waals surface area contributed by atoms with Crippen molar-refractivity contribution in [1.29, 1.82) is 0 Å². The lowest BCUT2D eigenvalue weighted by molar-refractivity contribution is 0.476. The number of hydrogen-bond acceptors (Lipinski definition) is 1. The van der Waals surface area contributed by atoms with Gasteiger partial charge >= 0.3 is 0 Å². The Morgan fingerprint density at radius 2 is 1.36 bits per heavy atom. The summed E-state index contributed by atoms with van der Waals surface area (Å²) in [7, 11) is 15.1. The first-order chi connectivity index (χ1) is 5.18. The first-order valence-electron chi connectivity index (χ1n) is 3.11. The Hall–Kier alpha value is -0.785. The van der Waals surface area contributed by atoms with E-state index in [9.17, 15) is 0 Å². The maximum atomic E-state index is 8.83. The Balaban J connectivity index is 0.000000461. The van der Waals surface area contributed by atoms with Gasteiger partial charge in [0.15, 0.2) is 0 Å². The van der Waals surface area contributed by atoms with Crippen molar-refractivity contribution in [1.82, 2.24) is 0 Å². The standard InChI is InChI=1S/C6H4B2O.CH3B/c7-4-1-5(8)3-6(9)2-4;1-2/h1-3,9H;1H3. The molecule has 0 saturated carbocycles. The van der Waals surface area contributed by atoms with Crippen LogP contribution in [0.3, 0.4) is 0 Å². The highest BCUT2D eigenvalue weighted by molar-refractivity contribution is 6.38. The predicted octanol–water partition coefficient (Wildman–Crippen LogP) is -0.817. The van der Waals surface area contributed by atoms with Crippen LogP contribution in [-0.4, -0.2) is 28.6 Å². The zero-order chi connectivity index (χ0) is 8.85. The average molecular weight is 140 g/mol. The molecular weight excluding hydrogens is 133 g/mol. The molecule has 1 rings (SSSR count). The molecule has 50 valence electrons. The van der Waals surface area contributed by atoms with Crippen molar-refractivity contribution < 1.29 is 5.11 Å². The summed E-state index contributed by atoms with van der Waals surface area (Å²) in [5.41, 5.74) is 0.958. The van der Waals surface area contributed by atoms with Gasteiger partial charge in [-0.15, -0.1) is 0 Å². The first kappa shape index (κ1) is 10.2. The molecule has 1 nitrogen and oxygen atoms in total. The van der Waals surface area contributed by atoms with Gasteiger partial charge in [-0.2, -0.15) is 0 Å². The molecule has 0 fully saturated rings. The van der Waals surface area contributed by atoms with Crippen LogP contribution in [0, 0.1) is 0 Å². The third-order valence-electron chi connectivity index (χ3n) is 0.962. The Labute approximate surface area is 71.1 Å². The van der Waals surface area contributed by atoms with Crippen LogP contribution in [0.1, 0.15) is 0 Å². The van der Waals surface area contributed by atoms with Gasteiger partial charge in [0.2, 0.25) is 0 Å². The van der Waals surface area contributed by atoms with Gasteiger partial charge in [0.1, 0.15) is 21.4 Å². The molecule has 0 atom stereocenters. The quantitative estimate of drug-likeness (QED) is 0.466. The van der Waals surface area contributed by atoms with Gasteiger partial charge in [0, 0.05) is 0 Å². The van der Waals surface area contributed by atoms with Crippen LogP contribution in [0.5, 0.6) is 5.75 Å². The van der Waals surface area contributed by atoms with E-state index in [1.54, 1.807) is 6.07 Å². The van der Waals surface area contributed by atoms with Crippen LogP contribution in [0.4, 0.5) is 0 Å². The Bertz CT molecular complexity index is 174. The third kappa shape index (κ3) is 3.81. The van der Waals surface area contributed by atoms with E-state index < -0.39 is 0 Å². The Morgan fingerprint density at radius 1 is 1.00 bits per heavy atom. The van der Waals surface area contributed by atoms with Crippen molar-refractivity contribution in [2.45, 2.75) is 6.82 Å². The highest BCUT2D eigenvalue weighted by Gasteiger charge is 1.89. The second kappa shape index (κ2) is 4.94. The summed E-state index contributed by atoms with van der Waals surface area (Å²) in [5, 5.41) is 8.83. The summed E-state index contributed by atoms with van der Waals surface area (Å²) in [6, 6.07) is 4.46. The number of phenolic OH excluding ortho intramolecular Hbond substituents is 1. The molecule has 0 saturated heterocycles. The molecule has 0 aromatic heterocycles. The third-order valence-corrected chi connectivity index (χ3v) is 0.962. The highest BCUT2D eigenvalue weighted by atomic mass is 16.3. The Morgan fingerprint density at radius 3 is 1.64 bits per heavy atom. The van der Waals surface area contributed by atoms with Gasteiger partial charge in [-0.05, 0) is 12.1 Å². The lowest BCUT2D eigenvalue weighted by Gasteiger charge is -1.96. The van der Waals surface area contributed by atoms with E-state index in [4.69, 9.17) is 20.8 Å². The van der Waals surface area contributed by atoms with E-state index in [2.05, 4.69) is 7.85 Å². The molecule has 0 spiro atoms. The largest absolute Gasteiger partial charge is 0.508 e. The molecule has 11 heavy (non-hydrogen) atoms. The molecule has 0 unspecified atom stereocenters. The van der Waals surface area contributed by atoms with Crippen LogP contribution in [0.25, 0.3) is 0 Å². The zero-order valence-electron chi connectivity index (χ0n) is 6.41. The van der Waals surface area contributed by atoms with E-state index in [0.717, 1.165) is 0 Å². The van der Waals surface area contributed by atoms with Crippen molar-refractivity contribution >= 4 is 34.5 Å². The maximum Gasteiger partial charge on any atom is 0.114 e. The fraction of sp³-hybridized carbons (Fsp3) is 0.143. The van der Waals surface area contributed by atoms with Gasteiger partial charge in [0.25, 0.3) is 0 Å². The number of phenols is 1. The molecule has 0 aliphatic rings. The van der Waals surface area contributed by atoms with Crippen molar-refractivity contribution in [3.8, 4) is 5.75 Å². The molecule has 0 aliphatic heterocycles. The normalized spacial score (nSPS) is 8.09. The van der Waals surface area contributed by atoms with Crippen LogP contribution in [0.15, 0.2) is 18.2 Å². The van der Waals surface area contributed by atoms with Crippen LogP contribution in [0.2, 0.25) is 6.82 Å². The molecule has 0 heterocycles. The zero-order valence-corrected chi connectivity index (χ0v) is 6.41. The van der Waals surface area contributed by atoms with Crippen LogP contribution in [-0.2, 0) is 0 Å². The summed E-state index contributed by atoms with van der Waals surface area (Å²) in [4.78, 5) is 0. The smallest absolute Gasteiger partial charge is 0.114 e. The summed E-state index contributed by atoms with van der Waals surface area (Å²) in [5.74, 6) is 0.104. The number of aromatic hydroxyl groups is 1. The molecular formula is C7H7B3O. The predicted molar refractivity (Wildman–Crippen MR) is 50.5 cm³/mol. The van der Waals surface area contributed by atoms with Crippen molar-refractivity contribution in [2.75, 3.05) is 0 Å². The van der Waals surface area contributed by atoms with E-state index in [1.165, 1.54) is 19.0 Å². The first-order valence-corrected chi connectivity index (χ1v) is 3.11. The van der Waals surface area contributed by atoms with Crippen molar-refractivity contribution in [3.63, 3.8) is 0 Å². The SMILES string of the molecule is [B]C.[B]c1cc([B])cc(O)c1. The average Bonchev–Trinajstić information content (AvgIpc) is 1.88. The molecule has 6 radical (unpaired) electrons. The van der Waals surface area contributed by atoms with Crippen molar-refractivity contribution in [2.24, 2.45) is 0 Å². The lowest BCUT2D eigenvalue weighted by atomic mass is 9.87. The number of hydrogen-bond donors (Lipinski definition) is 1.